The molecule has 4 heterocycles. The summed E-state index contributed by atoms with van der Waals surface area (Å²) in [5, 5.41) is 4.37. The van der Waals surface area contributed by atoms with Crippen LogP contribution in [0.5, 0.6) is 0 Å². The Bertz CT molecular complexity index is 830. The Morgan fingerprint density at radius 2 is 2.21 bits per heavy atom. The van der Waals surface area contributed by atoms with Crippen LogP contribution in [-0.4, -0.2) is 67.5 Å². The molecule has 0 unspecified atom stereocenters. The average molecular weight is 384 g/mol. The summed E-state index contributed by atoms with van der Waals surface area (Å²) >= 11 is 0. The molecular formula is C20H28N6O2. The highest BCUT2D eigenvalue weighted by Gasteiger charge is 2.42. The second-order valence-electron chi connectivity index (χ2n) is 8.03. The summed E-state index contributed by atoms with van der Waals surface area (Å²) in [6.45, 7) is 5.66. The van der Waals surface area contributed by atoms with Crippen LogP contribution < -0.4 is 0 Å². The number of aromatic nitrogens is 4. The SMILES string of the molecule is CCn1ccc(C(=O)N2CCC[C@@]3(CCC(=O)N(CCc4cnc[nH]4)C3)C2)n1. The summed E-state index contributed by atoms with van der Waals surface area (Å²) in [7, 11) is 0. The number of nitrogens with one attached hydrogen (secondary N) is 1. The van der Waals surface area contributed by atoms with E-state index < -0.39 is 0 Å². The molecule has 2 aliphatic heterocycles. The van der Waals surface area contributed by atoms with Crippen LogP contribution in [0.1, 0.15) is 48.8 Å². The number of aryl methyl sites for hydroxylation is 1. The van der Waals surface area contributed by atoms with Crippen LogP contribution in [0.15, 0.2) is 24.8 Å². The number of hydrogen-bond donors (Lipinski definition) is 1. The molecule has 0 aliphatic carbocycles. The van der Waals surface area contributed by atoms with E-state index in [1.165, 1.54) is 0 Å². The molecule has 8 nitrogen and oxygen atoms in total. The highest BCUT2D eigenvalue weighted by atomic mass is 16.2. The zero-order chi connectivity index (χ0) is 19.6. The molecule has 0 radical (unpaired) electrons. The van der Waals surface area contributed by atoms with E-state index >= 15 is 0 Å². The Balaban J connectivity index is 1.42. The molecule has 0 saturated carbocycles. The van der Waals surface area contributed by atoms with Gasteiger partial charge in [-0.25, -0.2) is 4.98 Å². The second kappa shape index (κ2) is 7.77. The number of piperidine rings is 2. The van der Waals surface area contributed by atoms with Crippen molar-refractivity contribution in [2.24, 2.45) is 5.41 Å². The van der Waals surface area contributed by atoms with Gasteiger partial charge in [-0.3, -0.25) is 14.3 Å². The minimum absolute atomic E-state index is 0.00310. The van der Waals surface area contributed by atoms with Gasteiger partial charge in [-0.1, -0.05) is 0 Å². The maximum absolute atomic E-state index is 12.9. The molecule has 2 aromatic heterocycles. The molecule has 4 rings (SSSR count). The van der Waals surface area contributed by atoms with Crippen LogP contribution in [0.25, 0.3) is 0 Å². The number of amides is 2. The van der Waals surface area contributed by atoms with E-state index in [9.17, 15) is 9.59 Å². The van der Waals surface area contributed by atoms with Gasteiger partial charge in [0.1, 0.15) is 5.69 Å². The smallest absolute Gasteiger partial charge is 0.274 e. The molecule has 150 valence electrons. The maximum atomic E-state index is 12.9. The quantitative estimate of drug-likeness (QED) is 0.850. The Kier molecular flexibility index (Phi) is 5.19. The van der Waals surface area contributed by atoms with E-state index in [0.717, 1.165) is 51.0 Å². The molecule has 1 spiro atoms. The van der Waals surface area contributed by atoms with Crippen LogP contribution in [-0.2, 0) is 17.8 Å². The zero-order valence-corrected chi connectivity index (χ0v) is 16.4. The van der Waals surface area contributed by atoms with Crippen molar-refractivity contribution in [2.75, 3.05) is 26.2 Å². The lowest BCUT2D eigenvalue weighted by Gasteiger charge is -2.48. The number of nitrogens with zero attached hydrogens (tertiary/aromatic N) is 5. The van der Waals surface area contributed by atoms with Gasteiger partial charge in [-0.2, -0.15) is 5.10 Å². The van der Waals surface area contributed by atoms with Crippen LogP contribution in [0.4, 0.5) is 0 Å². The van der Waals surface area contributed by atoms with E-state index in [1.54, 1.807) is 23.3 Å². The van der Waals surface area contributed by atoms with E-state index in [1.807, 2.05) is 22.9 Å². The van der Waals surface area contributed by atoms with Gasteiger partial charge in [-0.15, -0.1) is 0 Å². The number of imidazole rings is 1. The van der Waals surface area contributed by atoms with Crippen LogP contribution in [0.3, 0.4) is 0 Å². The summed E-state index contributed by atoms with van der Waals surface area (Å²) < 4.78 is 1.78. The van der Waals surface area contributed by atoms with Crippen molar-refractivity contribution in [3.05, 3.63) is 36.2 Å². The standard InChI is InChI=1S/C20H28N6O2/c1-2-26-11-6-17(23-26)19(28)25-9-3-7-20(14-25)8-4-18(27)24(13-20)10-5-16-12-21-15-22-16/h6,11-12,15H,2-5,7-10,13-14H2,1H3,(H,21,22)/t20-/m0/s1. The summed E-state index contributed by atoms with van der Waals surface area (Å²) in [6.07, 6.45) is 9.56. The van der Waals surface area contributed by atoms with Crippen LogP contribution in [0.2, 0.25) is 0 Å². The first-order valence-electron chi connectivity index (χ1n) is 10.2. The van der Waals surface area contributed by atoms with Gasteiger partial charge in [0.05, 0.1) is 6.33 Å². The molecule has 2 aromatic rings. The first-order valence-corrected chi connectivity index (χ1v) is 10.2. The molecule has 1 atom stereocenters. The van der Waals surface area contributed by atoms with Gasteiger partial charge in [-0.05, 0) is 32.3 Å². The predicted molar refractivity (Wildman–Crippen MR) is 104 cm³/mol. The molecule has 0 bridgehead atoms. The molecule has 1 N–H and O–H groups in total. The van der Waals surface area contributed by atoms with Crippen molar-refractivity contribution in [1.29, 1.82) is 0 Å². The normalized spacial score (nSPS) is 22.8. The second-order valence-corrected chi connectivity index (χ2v) is 8.03. The van der Waals surface area contributed by atoms with E-state index in [0.29, 0.717) is 25.2 Å². The van der Waals surface area contributed by atoms with Gasteiger partial charge >= 0.3 is 0 Å². The number of likely N-dealkylation sites (tertiary alicyclic amines) is 2. The van der Waals surface area contributed by atoms with Crippen molar-refractivity contribution in [2.45, 2.75) is 45.6 Å². The van der Waals surface area contributed by atoms with Gasteiger partial charge in [0.15, 0.2) is 0 Å². The van der Waals surface area contributed by atoms with Crippen molar-refractivity contribution < 1.29 is 9.59 Å². The van der Waals surface area contributed by atoms with E-state index in [4.69, 9.17) is 0 Å². The molecule has 2 saturated heterocycles. The first-order chi connectivity index (χ1) is 13.6. The lowest BCUT2D eigenvalue weighted by molar-refractivity contribution is -0.138. The first kappa shape index (κ1) is 18.7. The fraction of sp³-hybridized carbons (Fsp3) is 0.600. The van der Waals surface area contributed by atoms with Crippen molar-refractivity contribution in [1.82, 2.24) is 29.5 Å². The molecule has 2 amide bonds. The third-order valence-corrected chi connectivity index (χ3v) is 6.09. The number of carbonyl (C=O) groups is 2. The van der Waals surface area contributed by atoms with Gasteiger partial charge in [0.2, 0.25) is 5.91 Å². The minimum atomic E-state index is 0.00310. The lowest BCUT2D eigenvalue weighted by atomic mass is 9.73. The number of rotatable bonds is 5. The number of H-pyrrole nitrogens is 1. The molecule has 8 heteroatoms. The zero-order valence-electron chi connectivity index (χ0n) is 16.4. The third-order valence-electron chi connectivity index (χ3n) is 6.09. The summed E-state index contributed by atoms with van der Waals surface area (Å²) in [5.41, 5.74) is 1.56. The average Bonchev–Trinajstić information content (AvgIpc) is 3.40. The molecule has 2 fully saturated rings. The molecular weight excluding hydrogens is 356 g/mol. The highest BCUT2D eigenvalue weighted by molar-refractivity contribution is 5.92. The molecule has 0 aromatic carbocycles. The summed E-state index contributed by atoms with van der Waals surface area (Å²) in [4.78, 5) is 36.5. The largest absolute Gasteiger partial charge is 0.348 e. The minimum Gasteiger partial charge on any atom is -0.348 e. The van der Waals surface area contributed by atoms with Crippen molar-refractivity contribution in [3.8, 4) is 0 Å². The number of carbonyl (C=O) groups excluding carboxylic acids is 2. The Morgan fingerprint density at radius 1 is 1.32 bits per heavy atom. The fourth-order valence-electron chi connectivity index (χ4n) is 4.51. The summed E-state index contributed by atoms with van der Waals surface area (Å²) in [6, 6.07) is 1.80. The lowest BCUT2D eigenvalue weighted by Crippen LogP contribution is -2.55. The van der Waals surface area contributed by atoms with Gasteiger partial charge < -0.3 is 14.8 Å². The van der Waals surface area contributed by atoms with E-state index in [-0.39, 0.29) is 17.2 Å². The Morgan fingerprint density at radius 3 is 2.96 bits per heavy atom. The Hall–Kier alpha value is -2.64. The van der Waals surface area contributed by atoms with Crippen molar-refractivity contribution >= 4 is 11.8 Å². The fourth-order valence-corrected chi connectivity index (χ4v) is 4.51. The Labute approximate surface area is 164 Å². The number of aromatic amines is 1. The number of hydrogen-bond acceptors (Lipinski definition) is 4. The third kappa shape index (κ3) is 3.81. The molecule has 28 heavy (non-hydrogen) atoms. The monoisotopic (exact) mass is 384 g/mol. The van der Waals surface area contributed by atoms with Gasteiger partial charge in [0, 0.05) is 69.1 Å². The summed E-state index contributed by atoms with van der Waals surface area (Å²) in [5.74, 6) is 0.225. The predicted octanol–water partition coefficient (Wildman–Crippen LogP) is 1.71. The highest BCUT2D eigenvalue weighted by Crippen LogP contribution is 2.39. The topological polar surface area (TPSA) is 87.1 Å². The van der Waals surface area contributed by atoms with Gasteiger partial charge in [0.25, 0.3) is 5.91 Å². The van der Waals surface area contributed by atoms with Crippen molar-refractivity contribution in [3.63, 3.8) is 0 Å². The molecule has 2 aliphatic rings. The maximum Gasteiger partial charge on any atom is 0.274 e. The van der Waals surface area contributed by atoms with Crippen LogP contribution in [0, 0.1) is 5.41 Å². The van der Waals surface area contributed by atoms with Crippen LogP contribution >= 0.6 is 0 Å². The van der Waals surface area contributed by atoms with E-state index in [2.05, 4.69) is 15.1 Å².